The largest absolute Gasteiger partial charge is 0.349 e. The number of rotatable bonds is 4. The van der Waals surface area contributed by atoms with Crippen molar-refractivity contribution in [3.05, 3.63) is 57.3 Å². The van der Waals surface area contributed by atoms with Gasteiger partial charge in [-0.25, -0.2) is 0 Å². The summed E-state index contributed by atoms with van der Waals surface area (Å²) < 4.78 is 0. The minimum Gasteiger partial charge on any atom is -0.349 e. The monoisotopic (exact) mass is 286 g/mol. The van der Waals surface area contributed by atoms with Gasteiger partial charge in [-0.2, -0.15) is 11.3 Å². The van der Waals surface area contributed by atoms with Gasteiger partial charge in [0.1, 0.15) is 0 Å². The van der Waals surface area contributed by atoms with E-state index in [-0.39, 0.29) is 11.9 Å². The molecule has 1 unspecified atom stereocenters. The Kier molecular flexibility index (Phi) is 3.85. The van der Waals surface area contributed by atoms with Crippen molar-refractivity contribution in [1.29, 1.82) is 0 Å². The molecule has 4 heteroatoms. The fraction of sp³-hybridized carbons (Fsp3) is 0.312. The second-order valence-electron chi connectivity index (χ2n) is 5.30. The van der Waals surface area contributed by atoms with E-state index in [0.717, 1.165) is 25.1 Å². The number of carbonyl (C=O) groups is 1. The standard InChI is InChI=1S/C16H18N2OS/c1-11(6-12-4-5-20-10-12)18-16(19)13-2-3-14-8-17-9-15(14)7-13/h2-5,7,10-11,17H,6,8-9H2,1H3,(H,18,19). The Morgan fingerprint density at radius 3 is 3.00 bits per heavy atom. The average Bonchev–Trinajstić information content (AvgIpc) is 3.07. The lowest BCUT2D eigenvalue weighted by atomic mass is 10.1. The van der Waals surface area contributed by atoms with E-state index in [1.54, 1.807) is 11.3 Å². The van der Waals surface area contributed by atoms with Crippen LogP contribution in [0.5, 0.6) is 0 Å². The van der Waals surface area contributed by atoms with Gasteiger partial charge in [-0.15, -0.1) is 0 Å². The fourth-order valence-electron chi connectivity index (χ4n) is 2.56. The van der Waals surface area contributed by atoms with Crippen LogP contribution in [-0.4, -0.2) is 11.9 Å². The van der Waals surface area contributed by atoms with Gasteiger partial charge in [0.05, 0.1) is 0 Å². The van der Waals surface area contributed by atoms with Crippen LogP contribution in [0.25, 0.3) is 0 Å². The third kappa shape index (κ3) is 2.92. The van der Waals surface area contributed by atoms with Crippen LogP contribution in [0.2, 0.25) is 0 Å². The van der Waals surface area contributed by atoms with Crippen LogP contribution in [0, 0.1) is 0 Å². The molecule has 104 valence electrons. The van der Waals surface area contributed by atoms with E-state index in [4.69, 9.17) is 0 Å². The van der Waals surface area contributed by atoms with E-state index in [1.165, 1.54) is 16.7 Å². The van der Waals surface area contributed by atoms with Gasteiger partial charge in [-0.1, -0.05) is 6.07 Å². The Balaban J connectivity index is 1.64. The highest BCUT2D eigenvalue weighted by Gasteiger charge is 2.15. The molecule has 0 spiro atoms. The molecule has 1 atom stereocenters. The smallest absolute Gasteiger partial charge is 0.251 e. The average molecular weight is 286 g/mol. The Labute approximate surface area is 123 Å². The highest BCUT2D eigenvalue weighted by molar-refractivity contribution is 7.07. The van der Waals surface area contributed by atoms with Crippen molar-refractivity contribution in [2.75, 3.05) is 0 Å². The zero-order chi connectivity index (χ0) is 13.9. The number of amides is 1. The summed E-state index contributed by atoms with van der Waals surface area (Å²) in [5, 5.41) is 10.6. The highest BCUT2D eigenvalue weighted by atomic mass is 32.1. The van der Waals surface area contributed by atoms with Gasteiger partial charge in [0, 0.05) is 24.7 Å². The van der Waals surface area contributed by atoms with Crippen LogP contribution in [0.1, 0.15) is 34.0 Å². The summed E-state index contributed by atoms with van der Waals surface area (Å²) >= 11 is 1.69. The van der Waals surface area contributed by atoms with E-state index in [2.05, 4.69) is 27.5 Å². The summed E-state index contributed by atoms with van der Waals surface area (Å²) in [6.45, 7) is 3.82. The molecule has 0 saturated carbocycles. The summed E-state index contributed by atoms with van der Waals surface area (Å²) in [4.78, 5) is 12.3. The Hall–Kier alpha value is -1.65. The van der Waals surface area contributed by atoms with Crippen molar-refractivity contribution in [3.63, 3.8) is 0 Å². The van der Waals surface area contributed by atoms with Crippen LogP contribution >= 0.6 is 11.3 Å². The molecular weight excluding hydrogens is 268 g/mol. The molecule has 2 heterocycles. The van der Waals surface area contributed by atoms with Crippen molar-refractivity contribution in [2.24, 2.45) is 0 Å². The molecule has 0 saturated heterocycles. The SMILES string of the molecule is CC(Cc1ccsc1)NC(=O)c1ccc2c(c1)CNC2. The topological polar surface area (TPSA) is 41.1 Å². The Morgan fingerprint density at radius 2 is 2.20 bits per heavy atom. The van der Waals surface area contributed by atoms with Gasteiger partial charge < -0.3 is 10.6 Å². The number of fused-ring (bicyclic) bond motifs is 1. The third-order valence-corrected chi connectivity index (χ3v) is 4.33. The van der Waals surface area contributed by atoms with E-state index in [1.807, 2.05) is 25.1 Å². The van der Waals surface area contributed by atoms with Gasteiger partial charge in [0.15, 0.2) is 0 Å². The number of thiophene rings is 1. The molecule has 20 heavy (non-hydrogen) atoms. The molecule has 2 aromatic rings. The molecule has 0 radical (unpaired) electrons. The van der Waals surface area contributed by atoms with E-state index in [9.17, 15) is 4.79 Å². The second-order valence-corrected chi connectivity index (χ2v) is 6.08. The summed E-state index contributed by atoms with van der Waals surface area (Å²) in [5.74, 6) is 0.0161. The lowest BCUT2D eigenvalue weighted by Crippen LogP contribution is -2.34. The number of carbonyl (C=O) groups excluding carboxylic acids is 1. The van der Waals surface area contributed by atoms with Gasteiger partial charge >= 0.3 is 0 Å². The van der Waals surface area contributed by atoms with Gasteiger partial charge in [0.25, 0.3) is 5.91 Å². The minimum atomic E-state index is 0.0161. The molecule has 1 aliphatic rings. The third-order valence-electron chi connectivity index (χ3n) is 3.60. The van der Waals surface area contributed by atoms with Crippen LogP contribution in [0.3, 0.4) is 0 Å². The van der Waals surface area contributed by atoms with E-state index in [0.29, 0.717) is 0 Å². The summed E-state index contributed by atoms with van der Waals surface area (Å²) in [5.41, 5.74) is 4.57. The summed E-state index contributed by atoms with van der Waals surface area (Å²) in [6, 6.07) is 8.21. The van der Waals surface area contributed by atoms with Gasteiger partial charge in [0.2, 0.25) is 0 Å². The summed E-state index contributed by atoms with van der Waals surface area (Å²) in [7, 11) is 0. The summed E-state index contributed by atoms with van der Waals surface area (Å²) in [6.07, 6.45) is 0.877. The molecular formula is C16H18N2OS. The van der Waals surface area contributed by atoms with Crippen molar-refractivity contribution in [3.8, 4) is 0 Å². The molecule has 1 amide bonds. The molecule has 1 aromatic carbocycles. The first-order valence-corrected chi connectivity index (χ1v) is 7.81. The molecule has 0 fully saturated rings. The highest BCUT2D eigenvalue weighted by Crippen LogP contribution is 2.17. The number of nitrogens with one attached hydrogen (secondary N) is 2. The van der Waals surface area contributed by atoms with Crippen molar-refractivity contribution in [2.45, 2.75) is 32.5 Å². The Morgan fingerprint density at radius 1 is 1.35 bits per heavy atom. The second kappa shape index (κ2) is 5.77. The fourth-order valence-corrected chi connectivity index (χ4v) is 3.24. The van der Waals surface area contributed by atoms with E-state index >= 15 is 0 Å². The minimum absolute atomic E-state index is 0.0161. The van der Waals surface area contributed by atoms with Crippen molar-refractivity contribution >= 4 is 17.2 Å². The molecule has 0 bridgehead atoms. The predicted octanol–water partition coefficient (Wildman–Crippen LogP) is 2.71. The van der Waals surface area contributed by atoms with Crippen LogP contribution < -0.4 is 10.6 Å². The Bertz CT molecular complexity index is 607. The van der Waals surface area contributed by atoms with Crippen LogP contribution in [0.15, 0.2) is 35.0 Å². The quantitative estimate of drug-likeness (QED) is 0.907. The van der Waals surface area contributed by atoms with Crippen LogP contribution in [0.4, 0.5) is 0 Å². The number of hydrogen-bond acceptors (Lipinski definition) is 3. The van der Waals surface area contributed by atoms with Gasteiger partial charge in [-0.05, 0) is 59.0 Å². The first kappa shape index (κ1) is 13.3. The lowest BCUT2D eigenvalue weighted by Gasteiger charge is -2.13. The first-order chi connectivity index (χ1) is 9.72. The van der Waals surface area contributed by atoms with Gasteiger partial charge in [-0.3, -0.25) is 4.79 Å². The lowest BCUT2D eigenvalue weighted by molar-refractivity contribution is 0.0940. The molecule has 2 N–H and O–H groups in total. The number of hydrogen-bond donors (Lipinski definition) is 2. The zero-order valence-electron chi connectivity index (χ0n) is 11.5. The molecule has 1 aliphatic heterocycles. The van der Waals surface area contributed by atoms with Crippen molar-refractivity contribution < 1.29 is 4.79 Å². The maximum absolute atomic E-state index is 12.3. The molecule has 1 aromatic heterocycles. The maximum Gasteiger partial charge on any atom is 0.251 e. The molecule has 3 rings (SSSR count). The molecule has 3 nitrogen and oxygen atoms in total. The predicted molar refractivity (Wildman–Crippen MR) is 81.9 cm³/mol. The number of benzene rings is 1. The first-order valence-electron chi connectivity index (χ1n) is 6.87. The van der Waals surface area contributed by atoms with Crippen molar-refractivity contribution in [1.82, 2.24) is 10.6 Å². The maximum atomic E-state index is 12.3. The van der Waals surface area contributed by atoms with Crippen LogP contribution in [-0.2, 0) is 19.5 Å². The zero-order valence-corrected chi connectivity index (χ0v) is 12.3. The normalized spacial score (nSPS) is 14.8. The van der Waals surface area contributed by atoms with E-state index < -0.39 is 0 Å². The molecule has 0 aliphatic carbocycles.